The van der Waals surface area contributed by atoms with Gasteiger partial charge in [-0.25, -0.2) is 4.79 Å². The molecule has 6 heteroatoms. The van der Waals surface area contributed by atoms with Crippen LogP contribution in [0.4, 0.5) is 0 Å². The molecule has 0 unspecified atom stereocenters. The van der Waals surface area contributed by atoms with Crippen LogP contribution in [0.2, 0.25) is 0 Å². The average molecular weight is 251 g/mol. The topological polar surface area (TPSA) is 77.4 Å². The van der Waals surface area contributed by atoms with Crippen LogP contribution in [0.3, 0.4) is 0 Å². The molecule has 1 saturated heterocycles. The van der Waals surface area contributed by atoms with E-state index in [1.165, 1.54) is 7.11 Å². The molecule has 0 bridgehead atoms. The number of carbonyl (C=O) groups is 1. The van der Waals surface area contributed by atoms with E-state index >= 15 is 0 Å². The summed E-state index contributed by atoms with van der Waals surface area (Å²) in [4.78, 5) is 15.7. The Morgan fingerprint density at radius 3 is 2.67 bits per heavy atom. The lowest BCUT2D eigenvalue weighted by Gasteiger charge is -2.13. The predicted octanol–water partition coefficient (Wildman–Crippen LogP) is 1.17. The maximum absolute atomic E-state index is 11.2. The second kappa shape index (κ2) is 5.61. The van der Waals surface area contributed by atoms with Gasteiger partial charge < -0.3 is 19.4 Å². The second-order valence-corrected chi connectivity index (χ2v) is 3.59. The van der Waals surface area contributed by atoms with Gasteiger partial charge in [0.1, 0.15) is 7.11 Å². The van der Waals surface area contributed by atoms with Crippen molar-refractivity contribution in [2.75, 3.05) is 20.3 Å². The van der Waals surface area contributed by atoms with E-state index in [0.717, 1.165) is 0 Å². The SMILES string of the molecule is CON=C(C(=O)O)c1ccccc1C1OCCO1. The first-order valence-corrected chi connectivity index (χ1v) is 5.41. The molecule has 18 heavy (non-hydrogen) atoms. The maximum atomic E-state index is 11.2. The lowest BCUT2D eigenvalue weighted by atomic mass is 10.0. The summed E-state index contributed by atoms with van der Waals surface area (Å²) in [7, 11) is 1.30. The minimum atomic E-state index is -1.16. The summed E-state index contributed by atoms with van der Waals surface area (Å²) < 4.78 is 10.8. The van der Waals surface area contributed by atoms with Crippen LogP contribution in [-0.2, 0) is 19.1 Å². The van der Waals surface area contributed by atoms with E-state index in [1.54, 1.807) is 24.3 Å². The molecular weight excluding hydrogens is 238 g/mol. The van der Waals surface area contributed by atoms with Gasteiger partial charge in [-0.1, -0.05) is 29.4 Å². The van der Waals surface area contributed by atoms with Gasteiger partial charge in [0.05, 0.1) is 13.2 Å². The summed E-state index contributed by atoms with van der Waals surface area (Å²) in [6.45, 7) is 0.978. The largest absolute Gasteiger partial charge is 0.476 e. The summed E-state index contributed by atoms with van der Waals surface area (Å²) in [5, 5.41) is 12.7. The van der Waals surface area contributed by atoms with Crippen molar-refractivity contribution in [3.8, 4) is 0 Å². The highest BCUT2D eigenvalue weighted by molar-refractivity contribution is 6.42. The monoisotopic (exact) mass is 251 g/mol. The van der Waals surface area contributed by atoms with Crippen molar-refractivity contribution in [2.45, 2.75) is 6.29 Å². The van der Waals surface area contributed by atoms with Crippen molar-refractivity contribution in [1.29, 1.82) is 0 Å². The standard InChI is InChI=1S/C12H13NO5/c1-16-13-10(11(14)15)8-4-2-3-5-9(8)12-17-6-7-18-12/h2-5,12H,6-7H2,1H3,(H,14,15). The number of aliphatic carboxylic acids is 1. The van der Waals surface area contributed by atoms with E-state index in [0.29, 0.717) is 24.3 Å². The highest BCUT2D eigenvalue weighted by atomic mass is 16.7. The highest BCUT2D eigenvalue weighted by Gasteiger charge is 2.25. The molecule has 1 aliphatic rings. The molecule has 0 aliphatic carbocycles. The van der Waals surface area contributed by atoms with E-state index < -0.39 is 12.3 Å². The summed E-state index contributed by atoms with van der Waals surface area (Å²) in [6, 6.07) is 6.91. The molecule has 1 aromatic rings. The van der Waals surface area contributed by atoms with Crippen LogP contribution < -0.4 is 0 Å². The Morgan fingerprint density at radius 1 is 1.39 bits per heavy atom. The fraction of sp³-hybridized carbons (Fsp3) is 0.333. The van der Waals surface area contributed by atoms with Gasteiger partial charge in [0, 0.05) is 11.1 Å². The number of benzene rings is 1. The Bertz CT molecular complexity index is 465. The fourth-order valence-electron chi connectivity index (χ4n) is 1.75. The summed E-state index contributed by atoms with van der Waals surface area (Å²) >= 11 is 0. The third kappa shape index (κ3) is 2.49. The predicted molar refractivity (Wildman–Crippen MR) is 62.3 cm³/mol. The number of carboxylic acids is 1. The normalized spacial score (nSPS) is 16.8. The van der Waals surface area contributed by atoms with Gasteiger partial charge in [-0.2, -0.15) is 0 Å². The number of oxime groups is 1. The number of hydrogen-bond acceptors (Lipinski definition) is 5. The number of nitrogens with zero attached hydrogens (tertiary/aromatic N) is 1. The van der Waals surface area contributed by atoms with Gasteiger partial charge in [-0.3, -0.25) is 0 Å². The zero-order valence-corrected chi connectivity index (χ0v) is 9.83. The van der Waals surface area contributed by atoms with Crippen molar-refractivity contribution in [1.82, 2.24) is 0 Å². The lowest BCUT2D eigenvalue weighted by Crippen LogP contribution is -2.18. The Labute approximate surface area is 104 Å². The second-order valence-electron chi connectivity index (χ2n) is 3.59. The van der Waals surface area contributed by atoms with E-state index in [4.69, 9.17) is 14.6 Å². The molecule has 0 radical (unpaired) electrons. The van der Waals surface area contributed by atoms with Crippen molar-refractivity contribution >= 4 is 11.7 Å². The quantitative estimate of drug-likeness (QED) is 0.642. The molecule has 1 aliphatic heterocycles. The van der Waals surface area contributed by atoms with E-state index in [1.807, 2.05) is 0 Å². The van der Waals surface area contributed by atoms with Gasteiger partial charge in [-0.15, -0.1) is 0 Å². The maximum Gasteiger partial charge on any atom is 0.358 e. The Balaban J connectivity index is 2.42. The first-order valence-electron chi connectivity index (χ1n) is 5.41. The Hall–Kier alpha value is -1.92. The van der Waals surface area contributed by atoms with E-state index in [9.17, 15) is 4.79 Å². The van der Waals surface area contributed by atoms with Crippen LogP contribution >= 0.6 is 0 Å². The van der Waals surface area contributed by atoms with Crippen molar-refractivity contribution in [2.24, 2.45) is 5.16 Å². The van der Waals surface area contributed by atoms with Crippen LogP contribution in [0.15, 0.2) is 29.4 Å². The van der Waals surface area contributed by atoms with Crippen LogP contribution in [0.1, 0.15) is 17.4 Å². The highest BCUT2D eigenvalue weighted by Crippen LogP contribution is 2.26. The van der Waals surface area contributed by atoms with Crippen molar-refractivity contribution in [3.05, 3.63) is 35.4 Å². The number of ether oxygens (including phenoxy) is 2. The first kappa shape index (κ1) is 12.5. The van der Waals surface area contributed by atoms with Gasteiger partial charge in [0.15, 0.2) is 12.0 Å². The molecular formula is C12H13NO5. The molecule has 0 aromatic heterocycles. The molecule has 0 amide bonds. The molecule has 0 saturated carbocycles. The Kier molecular flexibility index (Phi) is 3.91. The molecule has 2 rings (SSSR count). The van der Waals surface area contributed by atoms with Crippen LogP contribution in [0.5, 0.6) is 0 Å². The van der Waals surface area contributed by atoms with Crippen molar-refractivity contribution < 1.29 is 24.2 Å². The molecule has 1 N–H and O–H groups in total. The lowest BCUT2D eigenvalue weighted by molar-refractivity contribution is -0.129. The van der Waals surface area contributed by atoms with E-state index in [2.05, 4.69) is 9.99 Å². The molecule has 0 spiro atoms. The minimum absolute atomic E-state index is 0.174. The first-order chi connectivity index (χ1) is 8.74. The molecule has 96 valence electrons. The number of rotatable bonds is 4. The third-order valence-corrected chi connectivity index (χ3v) is 2.48. The van der Waals surface area contributed by atoms with Crippen molar-refractivity contribution in [3.63, 3.8) is 0 Å². The summed E-state index contributed by atoms with van der Waals surface area (Å²) in [5.74, 6) is -1.16. The fourth-order valence-corrected chi connectivity index (χ4v) is 1.75. The molecule has 1 aromatic carbocycles. The number of hydrogen-bond donors (Lipinski definition) is 1. The van der Waals surface area contributed by atoms with Gasteiger partial charge in [0.2, 0.25) is 0 Å². The van der Waals surface area contributed by atoms with Crippen LogP contribution in [0.25, 0.3) is 0 Å². The minimum Gasteiger partial charge on any atom is -0.476 e. The zero-order chi connectivity index (χ0) is 13.0. The molecule has 1 fully saturated rings. The molecule has 6 nitrogen and oxygen atoms in total. The van der Waals surface area contributed by atoms with Crippen LogP contribution in [-0.4, -0.2) is 37.1 Å². The van der Waals surface area contributed by atoms with E-state index in [-0.39, 0.29) is 5.71 Å². The summed E-state index contributed by atoms with van der Waals surface area (Å²) in [6.07, 6.45) is -0.553. The van der Waals surface area contributed by atoms with Gasteiger partial charge in [-0.05, 0) is 0 Å². The summed E-state index contributed by atoms with van der Waals surface area (Å²) in [5.41, 5.74) is 0.888. The average Bonchev–Trinajstić information content (AvgIpc) is 2.89. The molecule has 0 atom stereocenters. The van der Waals surface area contributed by atoms with Crippen LogP contribution in [0, 0.1) is 0 Å². The molecule has 1 heterocycles. The smallest absolute Gasteiger partial charge is 0.358 e. The van der Waals surface area contributed by atoms with Gasteiger partial charge in [0.25, 0.3) is 0 Å². The zero-order valence-electron chi connectivity index (χ0n) is 9.83. The van der Waals surface area contributed by atoms with Gasteiger partial charge >= 0.3 is 5.97 Å². The number of carboxylic acid groups (broad SMARTS) is 1. The third-order valence-electron chi connectivity index (χ3n) is 2.48. The Morgan fingerprint density at radius 2 is 2.06 bits per heavy atom.